The molecule has 1 amide bonds. The van der Waals surface area contributed by atoms with Crippen LogP contribution in [0, 0.1) is 0 Å². The Bertz CT molecular complexity index is 1150. The molecule has 0 spiro atoms. The first-order chi connectivity index (χ1) is 13.7. The molecule has 5 nitrogen and oxygen atoms in total. The van der Waals surface area contributed by atoms with E-state index < -0.39 is 0 Å². The Hall–Kier alpha value is -3.73. The summed E-state index contributed by atoms with van der Waals surface area (Å²) in [5.74, 6) is -0.318. The fraction of sp³-hybridized carbons (Fsp3) is 0.0870. The number of nitrogens with zero attached hydrogens (tertiary/aromatic N) is 2. The largest absolute Gasteiger partial charge is 0.289 e. The lowest BCUT2D eigenvalue weighted by atomic mass is 10.1. The van der Waals surface area contributed by atoms with Crippen molar-refractivity contribution in [2.75, 3.05) is 0 Å². The summed E-state index contributed by atoms with van der Waals surface area (Å²) in [6, 6.07) is 25.8. The molecule has 0 aliphatic rings. The van der Waals surface area contributed by atoms with E-state index in [1.165, 1.54) is 5.39 Å². The molecule has 1 aromatic heterocycles. The topological polar surface area (TPSA) is 70.1 Å². The molecule has 0 unspecified atom stereocenters. The van der Waals surface area contributed by atoms with Gasteiger partial charge in [0.25, 0.3) is 5.91 Å². The van der Waals surface area contributed by atoms with Gasteiger partial charge in [-0.3, -0.25) is 9.89 Å². The molecule has 138 valence electrons. The third-order valence-electron chi connectivity index (χ3n) is 4.60. The van der Waals surface area contributed by atoms with Gasteiger partial charge in [-0.2, -0.15) is 10.2 Å². The van der Waals surface area contributed by atoms with Gasteiger partial charge >= 0.3 is 0 Å². The van der Waals surface area contributed by atoms with E-state index in [2.05, 4.69) is 45.0 Å². The molecule has 4 rings (SSSR count). The van der Waals surface area contributed by atoms with Crippen LogP contribution in [0.3, 0.4) is 0 Å². The summed E-state index contributed by atoms with van der Waals surface area (Å²) in [4.78, 5) is 12.5. The summed E-state index contributed by atoms with van der Waals surface area (Å²) in [5, 5.41) is 13.7. The number of carbonyl (C=O) groups excluding carboxylic acids is 1. The number of rotatable bonds is 5. The maximum atomic E-state index is 12.5. The Labute approximate surface area is 163 Å². The molecule has 28 heavy (non-hydrogen) atoms. The number of aromatic nitrogens is 2. The minimum absolute atomic E-state index is 0.318. The molecule has 3 aromatic carbocycles. The summed E-state index contributed by atoms with van der Waals surface area (Å²) >= 11 is 0. The maximum Gasteiger partial charge on any atom is 0.289 e. The summed E-state index contributed by atoms with van der Waals surface area (Å²) in [6.45, 7) is 2.01. The Kier molecular flexibility index (Phi) is 4.97. The van der Waals surface area contributed by atoms with Crippen LogP contribution in [-0.4, -0.2) is 21.8 Å². The number of H-pyrrole nitrogens is 1. The number of fused-ring (bicyclic) bond motifs is 1. The van der Waals surface area contributed by atoms with Crippen molar-refractivity contribution in [3.8, 4) is 11.3 Å². The summed E-state index contributed by atoms with van der Waals surface area (Å²) < 4.78 is 0. The molecule has 0 fully saturated rings. The van der Waals surface area contributed by atoms with Crippen molar-refractivity contribution < 1.29 is 4.79 Å². The van der Waals surface area contributed by atoms with Crippen molar-refractivity contribution in [1.29, 1.82) is 0 Å². The molecule has 0 radical (unpaired) electrons. The van der Waals surface area contributed by atoms with E-state index in [1.807, 2.05) is 55.5 Å². The highest BCUT2D eigenvalue weighted by Gasteiger charge is 2.11. The van der Waals surface area contributed by atoms with E-state index in [4.69, 9.17) is 0 Å². The van der Waals surface area contributed by atoms with Gasteiger partial charge in [0, 0.05) is 5.56 Å². The van der Waals surface area contributed by atoms with Crippen molar-refractivity contribution in [1.82, 2.24) is 15.6 Å². The van der Waals surface area contributed by atoms with Crippen molar-refractivity contribution in [3.63, 3.8) is 0 Å². The number of hydrogen-bond acceptors (Lipinski definition) is 3. The molecule has 5 heteroatoms. The fourth-order valence-electron chi connectivity index (χ4n) is 3.09. The second-order valence-corrected chi connectivity index (χ2v) is 6.45. The van der Waals surface area contributed by atoms with E-state index in [0.717, 1.165) is 34.3 Å². The highest BCUT2D eigenvalue weighted by atomic mass is 16.2. The van der Waals surface area contributed by atoms with E-state index in [9.17, 15) is 4.79 Å². The van der Waals surface area contributed by atoms with Crippen LogP contribution in [-0.2, 0) is 0 Å². The zero-order valence-corrected chi connectivity index (χ0v) is 15.5. The lowest BCUT2D eigenvalue weighted by Gasteiger charge is -2.04. The summed E-state index contributed by atoms with van der Waals surface area (Å²) in [5.41, 5.74) is 6.48. The Morgan fingerprint density at radius 2 is 1.71 bits per heavy atom. The second-order valence-electron chi connectivity index (χ2n) is 6.45. The van der Waals surface area contributed by atoms with Gasteiger partial charge in [-0.05, 0) is 34.9 Å². The predicted octanol–water partition coefficient (Wildman–Crippen LogP) is 4.77. The third kappa shape index (κ3) is 3.69. The number of hydrogen-bond donors (Lipinski definition) is 2. The Morgan fingerprint density at radius 1 is 0.964 bits per heavy atom. The van der Waals surface area contributed by atoms with Crippen LogP contribution in [0.5, 0.6) is 0 Å². The first-order valence-corrected chi connectivity index (χ1v) is 9.21. The molecule has 2 N–H and O–H groups in total. The van der Waals surface area contributed by atoms with Crippen LogP contribution in [0.1, 0.15) is 29.4 Å². The smallest absolute Gasteiger partial charge is 0.272 e. The minimum Gasteiger partial charge on any atom is -0.272 e. The molecule has 0 aliphatic carbocycles. The number of carbonyl (C=O) groups is 1. The average Bonchev–Trinajstić information content (AvgIpc) is 3.25. The quantitative estimate of drug-likeness (QED) is 0.393. The lowest BCUT2D eigenvalue weighted by molar-refractivity contribution is 0.0950. The fourth-order valence-corrected chi connectivity index (χ4v) is 3.09. The Balaban J connectivity index is 1.53. The first-order valence-electron chi connectivity index (χ1n) is 9.21. The minimum atomic E-state index is -0.318. The van der Waals surface area contributed by atoms with Crippen LogP contribution in [0.15, 0.2) is 84.0 Å². The van der Waals surface area contributed by atoms with Crippen molar-refractivity contribution in [2.45, 2.75) is 13.3 Å². The molecule has 4 aromatic rings. The zero-order chi connectivity index (χ0) is 19.3. The highest BCUT2D eigenvalue weighted by Crippen LogP contribution is 2.23. The molecular formula is C23H20N4O. The monoisotopic (exact) mass is 368 g/mol. The maximum absolute atomic E-state index is 12.5. The molecule has 0 aliphatic heterocycles. The van der Waals surface area contributed by atoms with Gasteiger partial charge < -0.3 is 0 Å². The number of amides is 1. The second kappa shape index (κ2) is 7.88. The summed E-state index contributed by atoms with van der Waals surface area (Å²) in [7, 11) is 0. The number of benzene rings is 3. The first kappa shape index (κ1) is 17.7. The van der Waals surface area contributed by atoms with E-state index in [1.54, 1.807) is 6.07 Å². The van der Waals surface area contributed by atoms with Crippen LogP contribution in [0.25, 0.3) is 22.0 Å². The van der Waals surface area contributed by atoms with Crippen molar-refractivity contribution >= 4 is 22.4 Å². The lowest BCUT2D eigenvalue weighted by Crippen LogP contribution is -2.20. The van der Waals surface area contributed by atoms with Gasteiger partial charge in [0.1, 0.15) is 5.69 Å². The number of nitrogens with one attached hydrogen (secondary N) is 2. The normalized spacial score (nSPS) is 11.5. The number of hydrazone groups is 1. The molecule has 0 saturated heterocycles. The average molecular weight is 368 g/mol. The van der Waals surface area contributed by atoms with Crippen LogP contribution in [0.4, 0.5) is 0 Å². The van der Waals surface area contributed by atoms with Crippen LogP contribution < -0.4 is 5.43 Å². The van der Waals surface area contributed by atoms with Gasteiger partial charge in [-0.25, -0.2) is 5.43 Å². The zero-order valence-electron chi connectivity index (χ0n) is 15.5. The standard InChI is InChI=1S/C23H20N4O/c1-2-20(17-9-4-3-5-10-17)24-27-23(28)22-15-21(25-26-22)19-13-12-16-8-6-7-11-18(16)14-19/h3-15H,2H2,1H3,(H,25,26)(H,27,28)/b24-20-. The van der Waals surface area contributed by atoms with E-state index in [-0.39, 0.29) is 5.91 Å². The van der Waals surface area contributed by atoms with Gasteiger partial charge in [0.15, 0.2) is 0 Å². The van der Waals surface area contributed by atoms with Gasteiger partial charge in [0.05, 0.1) is 11.4 Å². The molecule has 0 atom stereocenters. The number of aromatic amines is 1. The van der Waals surface area contributed by atoms with Crippen molar-refractivity contribution in [3.05, 3.63) is 90.1 Å². The van der Waals surface area contributed by atoms with Gasteiger partial charge in [-0.1, -0.05) is 73.7 Å². The molecular weight excluding hydrogens is 348 g/mol. The SMILES string of the molecule is CC/C(=N/NC(=O)c1cc(-c2ccc3ccccc3c2)n[nH]1)c1ccccc1. The molecule has 0 bridgehead atoms. The van der Waals surface area contributed by atoms with E-state index >= 15 is 0 Å². The third-order valence-corrected chi connectivity index (χ3v) is 4.60. The molecule has 1 heterocycles. The van der Waals surface area contributed by atoms with Crippen molar-refractivity contribution in [2.24, 2.45) is 5.10 Å². The highest BCUT2D eigenvalue weighted by molar-refractivity contribution is 6.02. The van der Waals surface area contributed by atoms with Crippen LogP contribution in [0.2, 0.25) is 0 Å². The van der Waals surface area contributed by atoms with E-state index in [0.29, 0.717) is 5.69 Å². The van der Waals surface area contributed by atoms with Gasteiger partial charge in [-0.15, -0.1) is 0 Å². The van der Waals surface area contributed by atoms with Gasteiger partial charge in [0.2, 0.25) is 0 Å². The summed E-state index contributed by atoms with van der Waals surface area (Å²) in [6.07, 6.45) is 0.718. The van der Waals surface area contributed by atoms with Crippen LogP contribution >= 0.6 is 0 Å². The molecule has 0 saturated carbocycles. The predicted molar refractivity (Wildman–Crippen MR) is 112 cm³/mol. The Morgan fingerprint density at radius 3 is 2.50 bits per heavy atom.